The van der Waals surface area contributed by atoms with Crippen molar-refractivity contribution in [2.24, 2.45) is 5.41 Å². The molecule has 0 saturated heterocycles. The van der Waals surface area contributed by atoms with Gasteiger partial charge in [0.25, 0.3) is 0 Å². The van der Waals surface area contributed by atoms with E-state index in [2.05, 4.69) is 19.2 Å². The highest BCUT2D eigenvalue weighted by atomic mass is 16.5. The number of nitrogens with one attached hydrogen (secondary N) is 1. The highest BCUT2D eigenvalue weighted by molar-refractivity contribution is 6.04. The first kappa shape index (κ1) is 21.0. The van der Waals surface area contributed by atoms with Gasteiger partial charge in [0.05, 0.1) is 26.4 Å². The van der Waals surface area contributed by atoms with E-state index in [-0.39, 0.29) is 11.2 Å². The number of methoxy groups -OCH3 is 2. The Kier molecular flexibility index (Phi) is 5.73. The first-order valence-corrected chi connectivity index (χ1v) is 9.85. The molecule has 0 saturated carbocycles. The van der Waals surface area contributed by atoms with Crippen LogP contribution in [0.4, 0.5) is 0 Å². The summed E-state index contributed by atoms with van der Waals surface area (Å²) in [6.45, 7) is 8.39. The highest BCUT2D eigenvalue weighted by Crippen LogP contribution is 2.47. The molecule has 0 radical (unpaired) electrons. The number of hydrogen-bond acceptors (Lipinski definition) is 6. The molecule has 1 aliphatic heterocycles. The summed E-state index contributed by atoms with van der Waals surface area (Å²) >= 11 is 0. The number of esters is 1. The maximum Gasteiger partial charge on any atom is 0.336 e. The zero-order chi connectivity index (χ0) is 21.3. The van der Waals surface area contributed by atoms with Crippen LogP contribution < -0.4 is 14.8 Å². The van der Waals surface area contributed by atoms with Crippen LogP contribution in [0.3, 0.4) is 0 Å². The molecule has 0 unspecified atom stereocenters. The van der Waals surface area contributed by atoms with E-state index < -0.39 is 11.9 Å². The SMILES string of the molecule is CCOc1cc([C@H]2C(C(=O)OC)=C(C)NC3=C2C(=O)CC(C)(C)C3)ccc1OC. The molecule has 1 aromatic rings. The number of hydrogen-bond donors (Lipinski definition) is 1. The van der Waals surface area contributed by atoms with Gasteiger partial charge in [-0.1, -0.05) is 19.9 Å². The molecular weight excluding hydrogens is 370 g/mol. The zero-order valence-corrected chi connectivity index (χ0v) is 18.0. The first-order valence-electron chi connectivity index (χ1n) is 9.85. The van der Waals surface area contributed by atoms with E-state index in [0.717, 1.165) is 17.7 Å². The molecule has 29 heavy (non-hydrogen) atoms. The van der Waals surface area contributed by atoms with Crippen molar-refractivity contribution in [1.82, 2.24) is 5.32 Å². The minimum absolute atomic E-state index is 0.0523. The number of allylic oxidation sites excluding steroid dienone is 3. The van der Waals surface area contributed by atoms with Crippen LogP contribution >= 0.6 is 0 Å². The molecule has 3 rings (SSSR count). The molecule has 0 aromatic heterocycles. The van der Waals surface area contributed by atoms with E-state index in [1.165, 1.54) is 7.11 Å². The molecule has 2 aliphatic rings. The highest BCUT2D eigenvalue weighted by Gasteiger charge is 2.43. The standard InChI is InChI=1S/C23H29NO5/c1-7-29-18-10-14(8-9-17(18)27-5)20-19(22(26)28-6)13(2)24-15-11-23(3,4)12-16(25)21(15)20/h8-10,20,24H,7,11-12H2,1-6H3/t20-/m0/s1. The number of benzene rings is 1. The van der Waals surface area contributed by atoms with Crippen molar-refractivity contribution in [2.75, 3.05) is 20.8 Å². The van der Waals surface area contributed by atoms with E-state index in [4.69, 9.17) is 14.2 Å². The molecule has 1 atom stereocenters. The van der Waals surface area contributed by atoms with E-state index in [0.29, 0.717) is 41.4 Å². The van der Waals surface area contributed by atoms with Gasteiger partial charge in [0.15, 0.2) is 17.3 Å². The summed E-state index contributed by atoms with van der Waals surface area (Å²) in [6, 6.07) is 5.54. The lowest BCUT2D eigenvalue weighted by molar-refractivity contribution is -0.136. The number of Topliss-reactive ketones (excluding diaryl/α,β-unsaturated/α-hetero) is 1. The molecule has 1 heterocycles. The van der Waals surface area contributed by atoms with Crippen molar-refractivity contribution >= 4 is 11.8 Å². The van der Waals surface area contributed by atoms with Gasteiger partial charge in [0.1, 0.15) is 0 Å². The monoisotopic (exact) mass is 399 g/mol. The van der Waals surface area contributed by atoms with Gasteiger partial charge in [-0.15, -0.1) is 0 Å². The van der Waals surface area contributed by atoms with Crippen LogP contribution in [0.5, 0.6) is 11.5 Å². The van der Waals surface area contributed by atoms with Crippen LogP contribution in [0.25, 0.3) is 0 Å². The Morgan fingerprint density at radius 1 is 1.21 bits per heavy atom. The predicted octanol–water partition coefficient (Wildman–Crippen LogP) is 3.87. The van der Waals surface area contributed by atoms with E-state index in [1.807, 2.05) is 32.0 Å². The number of carbonyl (C=O) groups is 2. The van der Waals surface area contributed by atoms with Gasteiger partial charge in [-0.2, -0.15) is 0 Å². The van der Waals surface area contributed by atoms with Gasteiger partial charge < -0.3 is 19.5 Å². The lowest BCUT2D eigenvalue weighted by atomic mass is 9.68. The smallest absolute Gasteiger partial charge is 0.336 e. The Hall–Kier alpha value is -2.76. The van der Waals surface area contributed by atoms with Crippen molar-refractivity contribution in [3.05, 3.63) is 46.3 Å². The number of dihydropyridines is 1. The van der Waals surface area contributed by atoms with Gasteiger partial charge in [-0.05, 0) is 43.4 Å². The topological polar surface area (TPSA) is 73.9 Å². The fraction of sp³-hybridized carbons (Fsp3) is 0.478. The van der Waals surface area contributed by atoms with E-state index >= 15 is 0 Å². The van der Waals surface area contributed by atoms with Crippen molar-refractivity contribution in [2.45, 2.75) is 46.5 Å². The minimum Gasteiger partial charge on any atom is -0.493 e. The molecule has 1 aromatic carbocycles. The number of rotatable bonds is 5. The summed E-state index contributed by atoms with van der Waals surface area (Å²) in [5.74, 6) is 0.288. The number of ketones is 1. The first-order chi connectivity index (χ1) is 13.7. The fourth-order valence-electron chi connectivity index (χ4n) is 4.29. The molecule has 0 bridgehead atoms. The summed E-state index contributed by atoms with van der Waals surface area (Å²) in [7, 11) is 2.94. The van der Waals surface area contributed by atoms with Crippen molar-refractivity contribution in [1.29, 1.82) is 0 Å². The second kappa shape index (κ2) is 7.93. The molecular formula is C23H29NO5. The largest absolute Gasteiger partial charge is 0.493 e. The van der Waals surface area contributed by atoms with Gasteiger partial charge in [-0.3, -0.25) is 4.79 Å². The summed E-state index contributed by atoms with van der Waals surface area (Å²) < 4.78 is 16.2. The summed E-state index contributed by atoms with van der Waals surface area (Å²) in [4.78, 5) is 25.9. The third-order valence-electron chi connectivity index (χ3n) is 5.47. The van der Waals surface area contributed by atoms with Crippen molar-refractivity contribution < 1.29 is 23.8 Å². The Labute approximate surface area is 171 Å². The van der Waals surface area contributed by atoms with Crippen LogP contribution in [-0.2, 0) is 14.3 Å². The van der Waals surface area contributed by atoms with Crippen LogP contribution in [0, 0.1) is 5.41 Å². The van der Waals surface area contributed by atoms with Gasteiger partial charge in [0, 0.05) is 29.3 Å². The third kappa shape index (κ3) is 3.88. The number of ether oxygens (including phenoxy) is 3. The van der Waals surface area contributed by atoms with Crippen molar-refractivity contribution in [3.8, 4) is 11.5 Å². The Morgan fingerprint density at radius 2 is 1.93 bits per heavy atom. The normalized spacial score (nSPS) is 20.8. The maximum atomic E-state index is 13.2. The maximum absolute atomic E-state index is 13.2. The fourth-order valence-corrected chi connectivity index (χ4v) is 4.29. The van der Waals surface area contributed by atoms with Gasteiger partial charge in [0.2, 0.25) is 0 Å². The molecule has 0 fully saturated rings. The molecule has 6 heteroatoms. The summed E-state index contributed by atoms with van der Waals surface area (Å²) in [6.07, 6.45) is 1.18. The van der Waals surface area contributed by atoms with Crippen molar-refractivity contribution in [3.63, 3.8) is 0 Å². The summed E-state index contributed by atoms with van der Waals surface area (Å²) in [5, 5.41) is 3.31. The number of carbonyl (C=O) groups excluding carboxylic acids is 2. The van der Waals surface area contributed by atoms with E-state index in [1.54, 1.807) is 7.11 Å². The Morgan fingerprint density at radius 3 is 2.55 bits per heavy atom. The average Bonchev–Trinajstić information content (AvgIpc) is 2.65. The molecule has 6 nitrogen and oxygen atoms in total. The van der Waals surface area contributed by atoms with Crippen LogP contribution in [0.2, 0.25) is 0 Å². The van der Waals surface area contributed by atoms with E-state index in [9.17, 15) is 9.59 Å². The Balaban J connectivity index is 2.21. The quantitative estimate of drug-likeness (QED) is 0.758. The third-order valence-corrected chi connectivity index (χ3v) is 5.47. The Bertz CT molecular complexity index is 910. The zero-order valence-electron chi connectivity index (χ0n) is 18.0. The lowest BCUT2D eigenvalue weighted by Crippen LogP contribution is -2.38. The molecule has 0 amide bonds. The second-order valence-electron chi connectivity index (χ2n) is 8.26. The minimum atomic E-state index is -0.507. The average molecular weight is 399 g/mol. The van der Waals surface area contributed by atoms with Gasteiger partial charge in [-0.25, -0.2) is 4.79 Å². The van der Waals surface area contributed by atoms with Crippen LogP contribution in [0.1, 0.15) is 52.0 Å². The summed E-state index contributed by atoms with van der Waals surface area (Å²) in [5.41, 5.74) is 3.35. The molecule has 156 valence electrons. The molecule has 0 spiro atoms. The second-order valence-corrected chi connectivity index (χ2v) is 8.26. The lowest BCUT2D eigenvalue weighted by Gasteiger charge is -2.39. The van der Waals surface area contributed by atoms with Crippen LogP contribution in [-0.4, -0.2) is 32.6 Å². The van der Waals surface area contributed by atoms with Gasteiger partial charge >= 0.3 is 5.97 Å². The molecule has 1 N–H and O–H groups in total. The predicted molar refractivity (Wildman–Crippen MR) is 110 cm³/mol. The van der Waals surface area contributed by atoms with Crippen LogP contribution in [0.15, 0.2) is 40.7 Å². The molecule has 1 aliphatic carbocycles.